The molecule has 1 heterocycles. The van der Waals surface area contributed by atoms with Gasteiger partial charge < -0.3 is 10.4 Å². The van der Waals surface area contributed by atoms with Gasteiger partial charge in [0.2, 0.25) is 0 Å². The SMILES string of the molecule is CCCN1C(=O)N/C(=C/c2ccc(C(=O)O)cc2)C1=O. The third kappa shape index (κ3) is 2.69. The average molecular weight is 274 g/mol. The Hall–Kier alpha value is -2.63. The van der Waals surface area contributed by atoms with Crippen molar-refractivity contribution in [1.29, 1.82) is 0 Å². The minimum absolute atomic E-state index is 0.168. The van der Waals surface area contributed by atoms with Gasteiger partial charge in [-0.3, -0.25) is 9.69 Å². The number of nitrogens with one attached hydrogen (secondary N) is 1. The van der Waals surface area contributed by atoms with Crippen LogP contribution in [-0.4, -0.2) is 34.5 Å². The van der Waals surface area contributed by atoms with Crippen LogP contribution in [0.25, 0.3) is 6.08 Å². The highest BCUT2D eigenvalue weighted by molar-refractivity contribution is 6.13. The predicted octanol–water partition coefficient (Wildman–Crippen LogP) is 1.69. The van der Waals surface area contributed by atoms with E-state index in [4.69, 9.17) is 5.11 Å². The van der Waals surface area contributed by atoms with E-state index in [9.17, 15) is 14.4 Å². The number of nitrogens with zero attached hydrogens (tertiary/aromatic N) is 1. The highest BCUT2D eigenvalue weighted by Gasteiger charge is 2.32. The van der Waals surface area contributed by atoms with Gasteiger partial charge in [0.1, 0.15) is 5.70 Å². The summed E-state index contributed by atoms with van der Waals surface area (Å²) < 4.78 is 0. The third-order valence-electron chi connectivity index (χ3n) is 2.88. The summed E-state index contributed by atoms with van der Waals surface area (Å²) in [5.41, 5.74) is 1.02. The highest BCUT2D eigenvalue weighted by Crippen LogP contribution is 2.15. The summed E-state index contributed by atoms with van der Waals surface area (Å²) in [7, 11) is 0. The number of benzene rings is 1. The van der Waals surface area contributed by atoms with Crippen molar-refractivity contribution in [3.8, 4) is 0 Å². The molecule has 2 rings (SSSR count). The van der Waals surface area contributed by atoms with Crippen LogP contribution in [0, 0.1) is 0 Å². The number of hydrogen-bond donors (Lipinski definition) is 2. The molecular formula is C14H14N2O4. The molecule has 1 fully saturated rings. The molecule has 1 saturated heterocycles. The number of imide groups is 1. The Morgan fingerprint density at radius 3 is 2.50 bits per heavy atom. The maximum Gasteiger partial charge on any atom is 0.335 e. The first-order valence-electron chi connectivity index (χ1n) is 6.21. The van der Waals surface area contributed by atoms with E-state index in [0.717, 1.165) is 4.90 Å². The second kappa shape index (κ2) is 5.56. The number of urea groups is 1. The second-order valence-corrected chi connectivity index (χ2v) is 4.37. The van der Waals surface area contributed by atoms with Gasteiger partial charge in [0.05, 0.1) is 5.56 Å². The standard InChI is InChI=1S/C14H14N2O4/c1-2-7-16-12(17)11(15-14(16)20)8-9-3-5-10(6-4-9)13(18)19/h3-6,8H,2,7H2,1H3,(H,15,20)(H,18,19)/b11-8+. The fraction of sp³-hybridized carbons (Fsp3) is 0.214. The third-order valence-corrected chi connectivity index (χ3v) is 2.88. The van der Waals surface area contributed by atoms with Crippen molar-refractivity contribution in [2.24, 2.45) is 0 Å². The monoisotopic (exact) mass is 274 g/mol. The van der Waals surface area contributed by atoms with Crippen LogP contribution in [0.4, 0.5) is 4.79 Å². The van der Waals surface area contributed by atoms with Gasteiger partial charge in [-0.1, -0.05) is 19.1 Å². The molecule has 3 amide bonds. The van der Waals surface area contributed by atoms with Crippen LogP contribution >= 0.6 is 0 Å². The molecule has 2 N–H and O–H groups in total. The Kier molecular flexibility index (Phi) is 3.84. The largest absolute Gasteiger partial charge is 0.478 e. The number of aromatic carboxylic acids is 1. The number of carbonyl (C=O) groups excluding carboxylic acids is 2. The van der Waals surface area contributed by atoms with E-state index in [-0.39, 0.29) is 17.2 Å². The van der Waals surface area contributed by atoms with Crippen LogP contribution in [0.5, 0.6) is 0 Å². The lowest BCUT2D eigenvalue weighted by Gasteiger charge is -2.08. The van der Waals surface area contributed by atoms with Crippen molar-refractivity contribution in [3.05, 3.63) is 41.1 Å². The Morgan fingerprint density at radius 1 is 1.30 bits per heavy atom. The average Bonchev–Trinajstić information content (AvgIpc) is 2.67. The predicted molar refractivity (Wildman–Crippen MR) is 71.9 cm³/mol. The molecule has 1 aliphatic rings. The molecule has 1 aromatic rings. The number of carboxylic acid groups (broad SMARTS) is 1. The molecular weight excluding hydrogens is 260 g/mol. The van der Waals surface area contributed by atoms with Crippen LogP contribution in [0.2, 0.25) is 0 Å². The number of carboxylic acids is 1. The summed E-state index contributed by atoms with van der Waals surface area (Å²) in [6.45, 7) is 2.26. The first kappa shape index (κ1) is 13.8. The van der Waals surface area contributed by atoms with Gasteiger partial charge in [-0.15, -0.1) is 0 Å². The summed E-state index contributed by atoms with van der Waals surface area (Å²) in [6.07, 6.45) is 2.22. The van der Waals surface area contributed by atoms with Crippen molar-refractivity contribution >= 4 is 24.0 Å². The van der Waals surface area contributed by atoms with Crippen molar-refractivity contribution < 1.29 is 19.5 Å². The summed E-state index contributed by atoms with van der Waals surface area (Å²) >= 11 is 0. The first-order chi connectivity index (χ1) is 9.52. The van der Waals surface area contributed by atoms with Crippen molar-refractivity contribution in [2.75, 3.05) is 6.54 Å². The van der Waals surface area contributed by atoms with Gasteiger partial charge in [0, 0.05) is 6.54 Å². The summed E-state index contributed by atoms with van der Waals surface area (Å²) in [5, 5.41) is 11.3. The van der Waals surface area contributed by atoms with Crippen molar-refractivity contribution in [2.45, 2.75) is 13.3 Å². The van der Waals surface area contributed by atoms with Crippen LogP contribution in [-0.2, 0) is 4.79 Å². The minimum atomic E-state index is -1.01. The van der Waals surface area contributed by atoms with Crippen molar-refractivity contribution in [3.63, 3.8) is 0 Å². The van der Waals surface area contributed by atoms with E-state index in [1.807, 2.05) is 6.92 Å². The van der Waals surface area contributed by atoms with Gasteiger partial charge in [0.25, 0.3) is 5.91 Å². The molecule has 104 valence electrons. The van der Waals surface area contributed by atoms with Crippen LogP contribution in [0.1, 0.15) is 29.3 Å². The zero-order valence-electron chi connectivity index (χ0n) is 10.9. The van der Waals surface area contributed by atoms with Gasteiger partial charge in [0.15, 0.2) is 0 Å². The molecule has 0 unspecified atom stereocenters. The van der Waals surface area contributed by atoms with Crippen LogP contribution in [0.15, 0.2) is 30.0 Å². The Balaban J connectivity index is 2.21. The molecule has 0 aliphatic carbocycles. The fourth-order valence-corrected chi connectivity index (χ4v) is 1.89. The van der Waals surface area contributed by atoms with Crippen LogP contribution < -0.4 is 5.32 Å². The number of hydrogen-bond acceptors (Lipinski definition) is 3. The lowest BCUT2D eigenvalue weighted by molar-refractivity contribution is -0.122. The van der Waals surface area contributed by atoms with Gasteiger partial charge in [-0.05, 0) is 30.2 Å². The van der Waals surface area contributed by atoms with Crippen molar-refractivity contribution in [1.82, 2.24) is 10.2 Å². The lowest BCUT2D eigenvalue weighted by atomic mass is 10.1. The van der Waals surface area contributed by atoms with E-state index in [1.54, 1.807) is 12.1 Å². The van der Waals surface area contributed by atoms with E-state index < -0.39 is 12.0 Å². The van der Waals surface area contributed by atoms with E-state index >= 15 is 0 Å². The van der Waals surface area contributed by atoms with Crippen LogP contribution in [0.3, 0.4) is 0 Å². The Morgan fingerprint density at radius 2 is 1.95 bits per heavy atom. The smallest absolute Gasteiger partial charge is 0.335 e. The Labute approximate surface area is 115 Å². The maximum absolute atomic E-state index is 12.0. The number of rotatable bonds is 4. The molecule has 20 heavy (non-hydrogen) atoms. The summed E-state index contributed by atoms with van der Waals surface area (Å²) in [6, 6.07) is 5.63. The molecule has 0 bridgehead atoms. The van der Waals surface area contributed by atoms with Gasteiger partial charge >= 0.3 is 12.0 Å². The van der Waals surface area contributed by atoms with Gasteiger partial charge in [-0.2, -0.15) is 0 Å². The molecule has 0 spiro atoms. The minimum Gasteiger partial charge on any atom is -0.478 e. The molecule has 6 heteroatoms. The topological polar surface area (TPSA) is 86.7 Å². The second-order valence-electron chi connectivity index (χ2n) is 4.37. The normalized spacial score (nSPS) is 16.6. The molecule has 1 aromatic carbocycles. The molecule has 1 aliphatic heterocycles. The molecule has 0 saturated carbocycles. The zero-order chi connectivity index (χ0) is 14.7. The molecule has 6 nitrogen and oxygen atoms in total. The molecule has 0 radical (unpaired) electrons. The fourth-order valence-electron chi connectivity index (χ4n) is 1.89. The maximum atomic E-state index is 12.0. The summed E-state index contributed by atoms with van der Waals surface area (Å²) in [4.78, 5) is 35.4. The van der Waals surface area contributed by atoms with E-state index in [0.29, 0.717) is 18.5 Å². The first-order valence-corrected chi connectivity index (χ1v) is 6.21. The zero-order valence-corrected chi connectivity index (χ0v) is 10.9. The Bertz CT molecular complexity index is 590. The summed E-state index contributed by atoms with van der Waals surface area (Å²) in [5.74, 6) is -1.37. The number of amides is 3. The van der Waals surface area contributed by atoms with Gasteiger partial charge in [-0.25, -0.2) is 9.59 Å². The quantitative estimate of drug-likeness (QED) is 0.646. The van der Waals surface area contributed by atoms with E-state index in [2.05, 4.69) is 5.32 Å². The number of carbonyl (C=O) groups is 3. The molecule has 0 aromatic heterocycles. The lowest BCUT2D eigenvalue weighted by Crippen LogP contribution is -2.31. The van der Waals surface area contributed by atoms with E-state index in [1.165, 1.54) is 18.2 Å². The highest BCUT2D eigenvalue weighted by atomic mass is 16.4. The molecule has 0 atom stereocenters.